The summed E-state index contributed by atoms with van der Waals surface area (Å²) in [5, 5.41) is 5.64. The lowest BCUT2D eigenvalue weighted by atomic mass is 10.1. The normalized spacial score (nSPS) is 15.1. The molecule has 0 bridgehead atoms. The molecule has 0 saturated carbocycles. The zero-order valence-corrected chi connectivity index (χ0v) is 18.7. The first kappa shape index (κ1) is 22.3. The van der Waals surface area contributed by atoms with Gasteiger partial charge in [-0.2, -0.15) is 0 Å². The smallest absolute Gasteiger partial charge is 0.257 e. The predicted molar refractivity (Wildman–Crippen MR) is 128 cm³/mol. The van der Waals surface area contributed by atoms with Crippen LogP contribution in [0, 0.1) is 0 Å². The summed E-state index contributed by atoms with van der Waals surface area (Å²) in [6, 6.07) is 16.4. The number of nitrogens with zero attached hydrogens (tertiary/aromatic N) is 2. The van der Waals surface area contributed by atoms with Crippen LogP contribution < -0.4 is 15.4 Å². The number of hydrogen-bond acceptors (Lipinski definition) is 6. The highest BCUT2D eigenvalue weighted by Crippen LogP contribution is 2.26. The van der Waals surface area contributed by atoms with Crippen LogP contribution in [0.5, 0.6) is 5.75 Å². The largest absolute Gasteiger partial charge is 0.497 e. The third-order valence-electron chi connectivity index (χ3n) is 5.09. The van der Waals surface area contributed by atoms with Crippen LogP contribution in [0.15, 0.2) is 73.1 Å². The second-order valence-corrected chi connectivity index (χ2v) is 8.28. The zero-order valence-electron chi connectivity index (χ0n) is 17.9. The second-order valence-electron chi connectivity index (χ2n) is 7.29. The van der Waals surface area contributed by atoms with Gasteiger partial charge in [0.1, 0.15) is 11.8 Å². The zero-order chi connectivity index (χ0) is 23.2. The monoisotopic (exact) mass is 462 g/mol. The summed E-state index contributed by atoms with van der Waals surface area (Å²) in [5.74, 6) is 0.765. The number of benzene rings is 2. The lowest BCUT2D eigenvalue weighted by molar-refractivity contribution is -0.119. The van der Waals surface area contributed by atoms with Crippen molar-refractivity contribution in [2.75, 3.05) is 29.4 Å². The first-order valence-corrected chi connectivity index (χ1v) is 11.4. The summed E-state index contributed by atoms with van der Waals surface area (Å²) >= 11 is 1.52. The molecule has 2 aromatic carbocycles. The Labute approximate surface area is 195 Å². The third kappa shape index (κ3) is 5.32. The molecule has 1 unspecified atom stereocenters. The molecular weight excluding hydrogens is 440 g/mol. The van der Waals surface area contributed by atoms with Crippen LogP contribution in [0.4, 0.5) is 11.4 Å². The van der Waals surface area contributed by atoms with Gasteiger partial charge < -0.3 is 20.3 Å². The summed E-state index contributed by atoms with van der Waals surface area (Å²) in [6.07, 6.45) is 3.06. The molecule has 2 N–H and O–H groups in total. The first-order valence-electron chi connectivity index (χ1n) is 10.2. The van der Waals surface area contributed by atoms with Crippen molar-refractivity contribution in [3.05, 3.63) is 84.2 Å². The molecule has 0 spiro atoms. The van der Waals surface area contributed by atoms with E-state index in [1.165, 1.54) is 18.0 Å². The second kappa shape index (κ2) is 10.2. The molecule has 3 aromatic rings. The van der Waals surface area contributed by atoms with Gasteiger partial charge in [0.25, 0.3) is 11.8 Å². The molecule has 3 amide bonds. The van der Waals surface area contributed by atoms with Gasteiger partial charge in [0.15, 0.2) is 0 Å². The molecule has 168 valence electrons. The minimum atomic E-state index is -0.599. The molecule has 33 heavy (non-hydrogen) atoms. The highest BCUT2D eigenvalue weighted by atomic mass is 32.2. The van der Waals surface area contributed by atoms with Gasteiger partial charge in [-0.25, -0.2) is 0 Å². The van der Waals surface area contributed by atoms with E-state index in [4.69, 9.17) is 4.74 Å². The van der Waals surface area contributed by atoms with E-state index in [9.17, 15) is 14.4 Å². The Hall–Kier alpha value is -3.85. The van der Waals surface area contributed by atoms with Gasteiger partial charge in [0.05, 0.1) is 18.6 Å². The Morgan fingerprint density at radius 3 is 2.52 bits per heavy atom. The Bertz CT molecular complexity index is 1150. The maximum absolute atomic E-state index is 13.2. The van der Waals surface area contributed by atoms with Crippen molar-refractivity contribution in [3.63, 3.8) is 0 Å². The molecular formula is C24H22N4O4S. The summed E-state index contributed by atoms with van der Waals surface area (Å²) in [4.78, 5) is 44.0. The lowest BCUT2D eigenvalue weighted by Crippen LogP contribution is -2.44. The standard InChI is InChI=1S/C24H22N4O4S/c1-32-20-9-7-18(8-10-20)26-23(30)21-14-33-15-28(21)24(31)16-4-2-6-19(12-16)27-22(29)17-5-3-11-25-13-17/h2-13,21H,14-15H2,1H3,(H,26,30)(H,27,29). The Balaban J connectivity index is 1.44. The average molecular weight is 463 g/mol. The maximum Gasteiger partial charge on any atom is 0.257 e. The molecule has 9 heteroatoms. The number of rotatable bonds is 6. The van der Waals surface area contributed by atoms with E-state index in [0.717, 1.165) is 0 Å². The van der Waals surface area contributed by atoms with Crippen LogP contribution >= 0.6 is 11.8 Å². The van der Waals surface area contributed by atoms with E-state index < -0.39 is 6.04 Å². The van der Waals surface area contributed by atoms with Gasteiger partial charge in [-0.05, 0) is 54.6 Å². The molecule has 2 heterocycles. The number of carbonyl (C=O) groups is 3. The molecule has 4 rings (SSSR count). The Morgan fingerprint density at radius 1 is 1.00 bits per heavy atom. The van der Waals surface area contributed by atoms with Gasteiger partial charge in [-0.15, -0.1) is 11.8 Å². The molecule has 8 nitrogen and oxygen atoms in total. The van der Waals surface area contributed by atoms with Crippen LogP contribution in [0.1, 0.15) is 20.7 Å². The number of amides is 3. The SMILES string of the molecule is COc1ccc(NC(=O)C2CSCN2C(=O)c2cccc(NC(=O)c3cccnc3)c2)cc1. The molecule has 1 aromatic heterocycles. The third-order valence-corrected chi connectivity index (χ3v) is 6.11. The van der Waals surface area contributed by atoms with Crippen molar-refractivity contribution >= 4 is 40.9 Å². The molecule has 1 aliphatic rings. The fraction of sp³-hybridized carbons (Fsp3) is 0.167. The molecule has 0 aliphatic carbocycles. The number of nitrogens with one attached hydrogen (secondary N) is 2. The minimum Gasteiger partial charge on any atom is -0.497 e. The van der Waals surface area contributed by atoms with Gasteiger partial charge in [0, 0.05) is 35.1 Å². The number of methoxy groups -OCH3 is 1. The molecule has 1 saturated heterocycles. The number of hydrogen-bond donors (Lipinski definition) is 2. The Morgan fingerprint density at radius 2 is 1.79 bits per heavy atom. The average Bonchev–Trinajstić information content (AvgIpc) is 3.35. The molecule has 0 radical (unpaired) electrons. The quantitative estimate of drug-likeness (QED) is 0.582. The van der Waals surface area contributed by atoms with Crippen LogP contribution in [-0.4, -0.2) is 52.4 Å². The Kier molecular flexibility index (Phi) is 6.89. The van der Waals surface area contributed by atoms with Crippen molar-refractivity contribution in [1.29, 1.82) is 0 Å². The van der Waals surface area contributed by atoms with Crippen molar-refractivity contribution in [2.45, 2.75) is 6.04 Å². The van der Waals surface area contributed by atoms with E-state index in [1.54, 1.807) is 78.9 Å². The van der Waals surface area contributed by atoms with E-state index >= 15 is 0 Å². The summed E-state index contributed by atoms with van der Waals surface area (Å²) in [6.45, 7) is 0. The fourth-order valence-electron chi connectivity index (χ4n) is 3.36. The first-order chi connectivity index (χ1) is 16.0. The van der Waals surface area contributed by atoms with Crippen LogP contribution in [-0.2, 0) is 4.79 Å². The number of thioether (sulfide) groups is 1. The van der Waals surface area contributed by atoms with E-state index in [0.29, 0.717) is 39.9 Å². The van der Waals surface area contributed by atoms with Gasteiger partial charge in [0.2, 0.25) is 5.91 Å². The van der Waals surface area contributed by atoms with Crippen LogP contribution in [0.25, 0.3) is 0 Å². The van der Waals surface area contributed by atoms with Crippen molar-refractivity contribution in [3.8, 4) is 5.75 Å². The number of pyridine rings is 1. The fourth-order valence-corrected chi connectivity index (χ4v) is 4.51. The highest BCUT2D eigenvalue weighted by molar-refractivity contribution is 7.99. The lowest BCUT2D eigenvalue weighted by Gasteiger charge is -2.23. The summed E-state index contributed by atoms with van der Waals surface area (Å²) < 4.78 is 5.13. The molecule has 1 atom stereocenters. The number of anilines is 2. The summed E-state index contributed by atoms with van der Waals surface area (Å²) in [7, 11) is 1.58. The van der Waals surface area contributed by atoms with Crippen LogP contribution in [0.3, 0.4) is 0 Å². The topological polar surface area (TPSA) is 101 Å². The van der Waals surface area contributed by atoms with Crippen molar-refractivity contribution in [2.24, 2.45) is 0 Å². The van der Waals surface area contributed by atoms with Crippen molar-refractivity contribution in [1.82, 2.24) is 9.88 Å². The molecule has 1 fully saturated rings. The van der Waals surface area contributed by atoms with Gasteiger partial charge in [-0.3, -0.25) is 19.4 Å². The van der Waals surface area contributed by atoms with Gasteiger partial charge >= 0.3 is 0 Å². The number of aromatic nitrogens is 1. The molecule has 1 aliphatic heterocycles. The predicted octanol–water partition coefficient (Wildman–Crippen LogP) is 3.50. The summed E-state index contributed by atoms with van der Waals surface area (Å²) in [5.41, 5.74) is 1.93. The van der Waals surface area contributed by atoms with E-state index in [1.807, 2.05) is 0 Å². The van der Waals surface area contributed by atoms with Crippen LogP contribution in [0.2, 0.25) is 0 Å². The number of ether oxygens (including phenoxy) is 1. The van der Waals surface area contributed by atoms with Crippen molar-refractivity contribution < 1.29 is 19.1 Å². The highest BCUT2D eigenvalue weighted by Gasteiger charge is 2.35. The van der Waals surface area contributed by atoms with Gasteiger partial charge in [-0.1, -0.05) is 6.07 Å². The number of carbonyl (C=O) groups excluding carboxylic acids is 3. The van der Waals surface area contributed by atoms with E-state index in [-0.39, 0.29) is 17.7 Å². The maximum atomic E-state index is 13.2. The van der Waals surface area contributed by atoms with E-state index in [2.05, 4.69) is 15.6 Å². The minimum absolute atomic E-state index is 0.250.